The highest BCUT2D eigenvalue weighted by molar-refractivity contribution is 5.76. The average molecular weight is 241 g/mol. The molecule has 0 aliphatic rings. The highest BCUT2D eigenvalue weighted by Crippen LogP contribution is 1.94. The van der Waals surface area contributed by atoms with Gasteiger partial charge in [-0.15, -0.1) is 6.42 Å². The number of hydrazine groups is 1. The van der Waals surface area contributed by atoms with Crippen LogP contribution >= 0.6 is 0 Å². The van der Waals surface area contributed by atoms with Crippen LogP contribution < -0.4 is 10.7 Å². The summed E-state index contributed by atoms with van der Waals surface area (Å²) in [6, 6.07) is 0. The third-order valence-electron chi connectivity index (χ3n) is 1.92. The molecule has 6 heteroatoms. The first-order chi connectivity index (χ1) is 8.06. The van der Waals surface area contributed by atoms with Crippen molar-refractivity contribution in [2.45, 2.75) is 19.3 Å². The number of aliphatic carboxylic acids is 1. The molecule has 3 N–H and O–H groups in total. The van der Waals surface area contributed by atoms with Gasteiger partial charge in [-0.05, 0) is 19.4 Å². The Labute approximate surface area is 101 Å². The van der Waals surface area contributed by atoms with Crippen LogP contribution in [-0.4, -0.2) is 48.7 Å². The summed E-state index contributed by atoms with van der Waals surface area (Å²) < 4.78 is 0. The zero-order chi connectivity index (χ0) is 13.1. The molecule has 0 spiro atoms. The van der Waals surface area contributed by atoms with Crippen LogP contribution in [0.5, 0.6) is 0 Å². The summed E-state index contributed by atoms with van der Waals surface area (Å²) >= 11 is 0. The summed E-state index contributed by atoms with van der Waals surface area (Å²) in [7, 11) is 1.51. The largest absolute Gasteiger partial charge is 0.480 e. The maximum absolute atomic E-state index is 11.3. The van der Waals surface area contributed by atoms with E-state index in [1.165, 1.54) is 12.1 Å². The smallest absolute Gasteiger partial charge is 0.319 e. The number of hydrogen-bond acceptors (Lipinski definition) is 4. The molecular formula is C11H19N3O3. The third kappa shape index (κ3) is 10.7. The van der Waals surface area contributed by atoms with E-state index in [2.05, 4.69) is 16.7 Å². The van der Waals surface area contributed by atoms with Crippen molar-refractivity contribution in [2.75, 3.05) is 26.7 Å². The second-order valence-corrected chi connectivity index (χ2v) is 3.62. The minimum atomic E-state index is -0.980. The molecule has 6 nitrogen and oxygen atoms in total. The quantitative estimate of drug-likeness (QED) is 0.286. The van der Waals surface area contributed by atoms with Crippen molar-refractivity contribution in [3.05, 3.63) is 0 Å². The number of carboxylic acid groups (broad SMARTS) is 1. The lowest BCUT2D eigenvalue weighted by molar-refractivity contribution is -0.139. The zero-order valence-corrected chi connectivity index (χ0v) is 10.0. The lowest BCUT2D eigenvalue weighted by Gasteiger charge is -2.15. The van der Waals surface area contributed by atoms with E-state index >= 15 is 0 Å². The summed E-state index contributed by atoms with van der Waals surface area (Å²) in [5, 5.41) is 12.7. The van der Waals surface area contributed by atoms with E-state index in [1.807, 2.05) is 0 Å². The molecule has 0 aromatic rings. The molecule has 0 bridgehead atoms. The number of unbranched alkanes of at least 4 members (excludes halogenated alkanes) is 1. The van der Waals surface area contributed by atoms with Crippen molar-refractivity contribution in [2.24, 2.45) is 0 Å². The van der Waals surface area contributed by atoms with Gasteiger partial charge in [-0.25, -0.2) is 5.01 Å². The van der Waals surface area contributed by atoms with Crippen LogP contribution in [0.4, 0.5) is 0 Å². The monoisotopic (exact) mass is 241 g/mol. The molecule has 0 atom stereocenters. The fourth-order valence-corrected chi connectivity index (χ4v) is 1.21. The predicted molar refractivity (Wildman–Crippen MR) is 64.0 cm³/mol. The Morgan fingerprint density at radius 1 is 1.41 bits per heavy atom. The van der Waals surface area contributed by atoms with E-state index in [0.717, 1.165) is 19.4 Å². The van der Waals surface area contributed by atoms with E-state index in [1.54, 1.807) is 0 Å². The Kier molecular flexibility index (Phi) is 8.74. The molecule has 0 aromatic heterocycles. The maximum Gasteiger partial charge on any atom is 0.319 e. The van der Waals surface area contributed by atoms with E-state index in [9.17, 15) is 9.59 Å². The van der Waals surface area contributed by atoms with Crippen LogP contribution in [0.2, 0.25) is 0 Å². The molecule has 1 amide bonds. The van der Waals surface area contributed by atoms with Crippen LogP contribution in [-0.2, 0) is 9.59 Å². The molecule has 0 saturated heterocycles. The molecule has 0 rings (SSSR count). The Bertz CT molecular complexity index is 286. The van der Waals surface area contributed by atoms with E-state index < -0.39 is 5.97 Å². The van der Waals surface area contributed by atoms with Crippen molar-refractivity contribution < 1.29 is 14.7 Å². The number of carboxylic acids is 1. The average Bonchev–Trinajstić information content (AvgIpc) is 2.21. The molecule has 0 heterocycles. The van der Waals surface area contributed by atoms with Gasteiger partial charge in [-0.2, -0.15) is 0 Å². The van der Waals surface area contributed by atoms with Crippen molar-refractivity contribution in [1.29, 1.82) is 0 Å². The number of nitrogens with one attached hydrogen (secondary N) is 2. The molecule has 17 heavy (non-hydrogen) atoms. The summed E-state index contributed by atoms with van der Waals surface area (Å²) in [4.78, 5) is 21.7. The lowest BCUT2D eigenvalue weighted by atomic mass is 10.2. The maximum atomic E-state index is 11.3. The summed E-state index contributed by atoms with van der Waals surface area (Å²) in [6.45, 7) is 1.10. The zero-order valence-electron chi connectivity index (χ0n) is 10.0. The van der Waals surface area contributed by atoms with Gasteiger partial charge in [0.1, 0.15) is 6.54 Å². The Hall–Kier alpha value is -1.58. The standard InChI is InChI=1S/C11H19N3O3/c1-3-7-12-8-5-4-6-10(15)13-14(2)9-11(16)17/h1,12H,4-9H2,2H3,(H,13,15)(H,16,17). The molecule has 0 unspecified atom stereocenters. The van der Waals surface area contributed by atoms with Crippen molar-refractivity contribution in [3.63, 3.8) is 0 Å². The van der Waals surface area contributed by atoms with Crippen molar-refractivity contribution in [1.82, 2.24) is 15.8 Å². The summed E-state index contributed by atoms with van der Waals surface area (Å²) in [6.07, 6.45) is 7.03. The number of carbonyl (C=O) groups excluding carboxylic acids is 1. The second-order valence-electron chi connectivity index (χ2n) is 3.62. The summed E-state index contributed by atoms with van der Waals surface area (Å²) in [5.74, 6) is 1.30. The molecule has 0 aliphatic carbocycles. The molecule has 0 fully saturated rings. The van der Waals surface area contributed by atoms with Crippen LogP contribution in [0, 0.1) is 12.3 Å². The van der Waals surface area contributed by atoms with Crippen LogP contribution in [0.15, 0.2) is 0 Å². The number of likely N-dealkylation sites (N-methyl/N-ethyl adjacent to an activating group) is 1. The van der Waals surface area contributed by atoms with E-state index in [4.69, 9.17) is 11.5 Å². The van der Waals surface area contributed by atoms with Gasteiger partial charge < -0.3 is 10.4 Å². The second kappa shape index (κ2) is 9.63. The van der Waals surface area contributed by atoms with Crippen LogP contribution in [0.25, 0.3) is 0 Å². The predicted octanol–water partition coefficient (Wildman–Crippen LogP) is -0.573. The van der Waals surface area contributed by atoms with Gasteiger partial charge in [0.25, 0.3) is 0 Å². The fraction of sp³-hybridized carbons (Fsp3) is 0.636. The molecule has 0 aliphatic heterocycles. The van der Waals surface area contributed by atoms with Crippen molar-refractivity contribution in [3.8, 4) is 12.3 Å². The normalized spacial score (nSPS) is 9.94. The van der Waals surface area contributed by atoms with Crippen LogP contribution in [0.1, 0.15) is 19.3 Å². The number of nitrogens with zero attached hydrogens (tertiary/aromatic N) is 1. The van der Waals surface area contributed by atoms with Gasteiger partial charge in [0, 0.05) is 13.5 Å². The molecule has 96 valence electrons. The molecular weight excluding hydrogens is 222 g/mol. The molecule has 0 radical (unpaired) electrons. The lowest BCUT2D eigenvalue weighted by Crippen LogP contribution is -2.42. The molecule has 0 aromatic carbocycles. The Morgan fingerprint density at radius 3 is 2.71 bits per heavy atom. The van der Waals surface area contributed by atoms with Gasteiger partial charge in [0.2, 0.25) is 5.91 Å². The van der Waals surface area contributed by atoms with Gasteiger partial charge in [0.05, 0.1) is 6.54 Å². The number of amides is 1. The SMILES string of the molecule is C#CCNCCCCC(=O)NN(C)CC(=O)O. The van der Waals surface area contributed by atoms with Crippen molar-refractivity contribution >= 4 is 11.9 Å². The fourth-order valence-electron chi connectivity index (χ4n) is 1.21. The van der Waals surface area contributed by atoms with Crippen LogP contribution in [0.3, 0.4) is 0 Å². The van der Waals surface area contributed by atoms with Gasteiger partial charge in [-0.3, -0.25) is 15.0 Å². The first-order valence-corrected chi connectivity index (χ1v) is 5.43. The minimum absolute atomic E-state index is 0.175. The first kappa shape index (κ1) is 15.4. The number of hydrogen-bond donors (Lipinski definition) is 3. The third-order valence-corrected chi connectivity index (χ3v) is 1.92. The topological polar surface area (TPSA) is 81.7 Å². The minimum Gasteiger partial charge on any atom is -0.480 e. The van der Waals surface area contributed by atoms with E-state index in [0.29, 0.717) is 13.0 Å². The molecule has 0 saturated carbocycles. The number of terminal acetylenes is 1. The van der Waals surface area contributed by atoms with E-state index in [-0.39, 0.29) is 12.5 Å². The van der Waals surface area contributed by atoms with Gasteiger partial charge in [-0.1, -0.05) is 5.92 Å². The number of rotatable bonds is 9. The Morgan fingerprint density at radius 2 is 2.12 bits per heavy atom. The highest BCUT2D eigenvalue weighted by Gasteiger charge is 2.07. The summed E-state index contributed by atoms with van der Waals surface area (Å²) in [5.41, 5.74) is 2.47. The Balaban J connectivity index is 3.46. The highest BCUT2D eigenvalue weighted by atomic mass is 16.4. The number of carbonyl (C=O) groups is 2. The van der Waals surface area contributed by atoms with Gasteiger partial charge >= 0.3 is 5.97 Å². The first-order valence-electron chi connectivity index (χ1n) is 5.43. The van der Waals surface area contributed by atoms with Gasteiger partial charge in [0.15, 0.2) is 0 Å².